The molecule has 0 spiro atoms. The van der Waals surface area contributed by atoms with Crippen LogP contribution in [0.15, 0.2) is 48.5 Å². The smallest absolute Gasteiger partial charge is 0.227 e. The van der Waals surface area contributed by atoms with E-state index in [9.17, 15) is 14.0 Å². The van der Waals surface area contributed by atoms with Crippen LogP contribution in [-0.4, -0.2) is 18.4 Å². The summed E-state index contributed by atoms with van der Waals surface area (Å²) in [5.41, 5.74) is 2.77. The maximum atomic E-state index is 12.9. The molecule has 3 rings (SSSR count). The van der Waals surface area contributed by atoms with Crippen LogP contribution in [0.4, 0.5) is 10.1 Å². The van der Waals surface area contributed by atoms with E-state index in [1.807, 2.05) is 31.2 Å². The summed E-state index contributed by atoms with van der Waals surface area (Å²) in [6.45, 7) is 2.70. The first kappa shape index (κ1) is 16.2. The molecule has 0 aromatic heterocycles. The van der Waals surface area contributed by atoms with Crippen molar-refractivity contribution in [1.82, 2.24) is 5.32 Å². The van der Waals surface area contributed by atoms with Crippen LogP contribution in [0.1, 0.15) is 17.5 Å². The number of anilines is 1. The molecule has 1 saturated heterocycles. The first-order valence-corrected chi connectivity index (χ1v) is 7.92. The molecule has 0 saturated carbocycles. The summed E-state index contributed by atoms with van der Waals surface area (Å²) in [4.78, 5) is 26.1. The third-order valence-corrected chi connectivity index (χ3v) is 4.22. The number of carbonyl (C=O) groups is 2. The highest BCUT2D eigenvalue weighted by Gasteiger charge is 2.34. The minimum atomic E-state index is -0.362. The van der Waals surface area contributed by atoms with Gasteiger partial charge in [0.05, 0.1) is 5.92 Å². The molecule has 0 bridgehead atoms. The van der Waals surface area contributed by atoms with Crippen LogP contribution >= 0.6 is 0 Å². The van der Waals surface area contributed by atoms with Gasteiger partial charge >= 0.3 is 0 Å². The number of nitrogens with zero attached hydrogens (tertiary/aromatic N) is 1. The van der Waals surface area contributed by atoms with Crippen LogP contribution in [0.2, 0.25) is 0 Å². The first-order valence-electron chi connectivity index (χ1n) is 7.92. The van der Waals surface area contributed by atoms with Gasteiger partial charge in [0, 0.05) is 25.2 Å². The van der Waals surface area contributed by atoms with Gasteiger partial charge in [0.1, 0.15) is 5.82 Å². The Balaban J connectivity index is 1.59. The molecule has 1 atom stereocenters. The van der Waals surface area contributed by atoms with Gasteiger partial charge in [-0.05, 0) is 36.8 Å². The lowest BCUT2D eigenvalue weighted by atomic mass is 10.1. The van der Waals surface area contributed by atoms with E-state index in [4.69, 9.17) is 0 Å². The fraction of sp³-hybridized carbons (Fsp3) is 0.263. The Morgan fingerprint density at radius 1 is 1.17 bits per heavy atom. The number of benzene rings is 2. The minimum Gasteiger partial charge on any atom is -0.352 e. The van der Waals surface area contributed by atoms with E-state index in [0.717, 1.165) is 16.8 Å². The highest BCUT2D eigenvalue weighted by molar-refractivity contribution is 6.00. The van der Waals surface area contributed by atoms with Crippen LogP contribution in [0, 0.1) is 18.7 Å². The number of nitrogens with one attached hydrogen (secondary N) is 1. The highest BCUT2D eigenvalue weighted by Crippen LogP contribution is 2.25. The van der Waals surface area contributed by atoms with E-state index < -0.39 is 0 Å². The Hall–Kier alpha value is -2.69. The Bertz CT molecular complexity index is 741. The molecule has 1 unspecified atom stereocenters. The maximum absolute atomic E-state index is 12.9. The molecule has 2 aromatic rings. The normalized spacial score (nSPS) is 17.2. The van der Waals surface area contributed by atoms with Crippen molar-refractivity contribution in [2.75, 3.05) is 11.4 Å². The second-order valence-electron chi connectivity index (χ2n) is 6.09. The van der Waals surface area contributed by atoms with Crippen LogP contribution in [0.3, 0.4) is 0 Å². The van der Waals surface area contributed by atoms with E-state index in [-0.39, 0.29) is 30.0 Å². The largest absolute Gasteiger partial charge is 0.352 e. The monoisotopic (exact) mass is 326 g/mol. The molecule has 5 heteroatoms. The van der Waals surface area contributed by atoms with Crippen molar-refractivity contribution < 1.29 is 14.0 Å². The molecule has 0 radical (unpaired) electrons. The summed E-state index contributed by atoms with van der Waals surface area (Å²) < 4.78 is 12.9. The van der Waals surface area contributed by atoms with Crippen molar-refractivity contribution in [1.29, 1.82) is 0 Å². The van der Waals surface area contributed by atoms with E-state index in [2.05, 4.69) is 5.32 Å². The maximum Gasteiger partial charge on any atom is 0.227 e. The van der Waals surface area contributed by atoms with E-state index in [1.54, 1.807) is 17.0 Å². The average molecular weight is 326 g/mol. The molecule has 1 aliphatic rings. The predicted octanol–water partition coefficient (Wildman–Crippen LogP) is 2.80. The quantitative estimate of drug-likeness (QED) is 0.939. The zero-order valence-electron chi connectivity index (χ0n) is 13.5. The molecule has 1 fully saturated rings. The summed E-state index contributed by atoms with van der Waals surface area (Å²) in [5, 5.41) is 2.82. The third-order valence-electron chi connectivity index (χ3n) is 4.22. The molecular formula is C19H19FN2O2. The lowest BCUT2D eigenvalue weighted by molar-refractivity contribution is -0.126. The van der Waals surface area contributed by atoms with Gasteiger partial charge in [-0.15, -0.1) is 0 Å². The highest BCUT2D eigenvalue weighted by atomic mass is 19.1. The second kappa shape index (κ2) is 6.83. The molecule has 0 aliphatic carbocycles. The Morgan fingerprint density at radius 2 is 1.83 bits per heavy atom. The van der Waals surface area contributed by atoms with Crippen molar-refractivity contribution in [2.24, 2.45) is 5.92 Å². The van der Waals surface area contributed by atoms with Crippen molar-refractivity contribution in [3.63, 3.8) is 0 Å². The summed E-state index contributed by atoms with van der Waals surface area (Å²) >= 11 is 0. The van der Waals surface area contributed by atoms with Crippen molar-refractivity contribution >= 4 is 17.5 Å². The number of rotatable bonds is 4. The molecule has 1 heterocycles. The Kier molecular flexibility index (Phi) is 4.60. The van der Waals surface area contributed by atoms with Crippen molar-refractivity contribution in [3.05, 3.63) is 65.5 Å². The van der Waals surface area contributed by atoms with Gasteiger partial charge in [-0.1, -0.05) is 29.8 Å². The standard InChI is InChI=1S/C19H19FN2O2/c1-13-2-8-17(9-3-13)22-12-15(10-18(22)23)19(24)21-11-14-4-6-16(20)7-5-14/h2-9,15H,10-12H2,1H3,(H,21,24). The number of hydrogen-bond donors (Lipinski definition) is 1. The van der Waals surface area contributed by atoms with Crippen molar-refractivity contribution in [2.45, 2.75) is 19.9 Å². The van der Waals surface area contributed by atoms with Gasteiger partial charge in [0.2, 0.25) is 11.8 Å². The molecular weight excluding hydrogens is 307 g/mol. The number of hydrogen-bond acceptors (Lipinski definition) is 2. The van der Waals surface area contributed by atoms with Gasteiger partial charge in [0.15, 0.2) is 0 Å². The van der Waals surface area contributed by atoms with E-state index in [1.165, 1.54) is 12.1 Å². The summed E-state index contributed by atoms with van der Waals surface area (Å²) in [5.74, 6) is -0.859. The van der Waals surface area contributed by atoms with Gasteiger partial charge in [-0.25, -0.2) is 4.39 Å². The molecule has 4 nitrogen and oxygen atoms in total. The zero-order valence-corrected chi connectivity index (χ0v) is 13.5. The first-order chi connectivity index (χ1) is 11.5. The lowest BCUT2D eigenvalue weighted by Gasteiger charge is -2.17. The predicted molar refractivity (Wildman–Crippen MR) is 89.9 cm³/mol. The number of amides is 2. The topological polar surface area (TPSA) is 49.4 Å². The number of halogens is 1. The van der Waals surface area contributed by atoms with Gasteiger partial charge in [-0.2, -0.15) is 0 Å². The van der Waals surface area contributed by atoms with Crippen LogP contribution in [-0.2, 0) is 16.1 Å². The van der Waals surface area contributed by atoms with Crippen LogP contribution < -0.4 is 10.2 Å². The lowest BCUT2D eigenvalue weighted by Crippen LogP contribution is -2.32. The van der Waals surface area contributed by atoms with Gasteiger partial charge in [0.25, 0.3) is 0 Å². The molecule has 24 heavy (non-hydrogen) atoms. The van der Waals surface area contributed by atoms with E-state index in [0.29, 0.717) is 13.1 Å². The second-order valence-corrected chi connectivity index (χ2v) is 6.09. The molecule has 2 amide bonds. The Labute approximate surface area is 140 Å². The molecule has 1 aliphatic heterocycles. The van der Waals surface area contributed by atoms with Crippen molar-refractivity contribution in [3.8, 4) is 0 Å². The molecule has 1 N–H and O–H groups in total. The van der Waals surface area contributed by atoms with Gasteiger partial charge < -0.3 is 10.2 Å². The number of aryl methyl sites for hydroxylation is 1. The van der Waals surface area contributed by atoms with Crippen LogP contribution in [0.25, 0.3) is 0 Å². The third kappa shape index (κ3) is 3.62. The van der Waals surface area contributed by atoms with Gasteiger partial charge in [-0.3, -0.25) is 9.59 Å². The molecule has 2 aromatic carbocycles. The zero-order chi connectivity index (χ0) is 17.1. The fourth-order valence-corrected chi connectivity index (χ4v) is 2.79. The summed E-state index contributed by atoms with van der Waals surface area (Å²) in [6.07, 6.45) is 0.211. The van der Waals surface area contributed by atoms with Crippen LogP contribution in [0.5, 0.6) is 0 Å². The number of carbonyl (C=O) groups excluding carboxylic acids is 2. The Morgan fingerprint density at radius 3 is 2.50 bits per heavy atom. The average Bonchev–Trinajstić information content (AvgIpc) is 2.97. The summed E-state index contributed by atoms with van der Waals surface area (Å²) in [7, 11) is 0. The fourth-order valence-electron chi connectivity index (χ4n) is 2.79. The summed E-state index contributed by atoms with van der Waals surface area (Å²) in [6, 6.07) is 13.7. The molecule has 124 valence electrons. The van der Waals surface area contributed by atoms with E-state index >= 15 is 0 Å². The minimum absolute atomic E-state index is 0.0409. The SMILES string of the molecule is Cc1ccc(N2CC(C(=O)NCc3ccc(F)cc3)CC2=O)cc1.